The van der Waals surface area contributed by atoms with Gasteiger partial charge in [-0.3, -0.25) is 4.79 Å². The number of para-hydroxylation sites is 1. The Morgan fingerprint density at radius 2 is 2.04 bits per heavy atom. The second kappa shape index (κ2) is 7.80. The van der Waals surface area contributed by atoms with E-state index in [9.17, 15) is 13.2 Å². The predicted molar refractivity (Wildman–Crippen MR) is 103 cm³/mol. The van der Waals surface area contributed by atoms with E-state index in [1.807, 2.05) is 30.3 Å². The topological polar surface area (TPSA) is 71.4 Å². The minimum atomic E-state index is -3.19. The molecule has 2 aromatic rings. The molecule has 1 fully saturated rings. The summed E-state index contributed by atoms with van der Waals surface area (Å²) in [5.41, 5.74) is 2.18. The molecule has 0 bridgehead atoms. The zero-order chi connectivity index (χ0) is 18.7. The number of amides is 1. The van der Waals surface area contributed by atoms with Crippen molar-refractivity contribution < 1.29 is 13.2 Å². The lowest BCUT2D eigenvalue weighted by molar-refractivity contribution is -0.134. The van der Waals surface area contributed by atoms with Gasteiger partial charge < -0.3 is 9.47 Å². The third kappa shape index (κ3) is 4.45. The summed E-state index contributed by atoms with van der Waals surface area (Å²) >= 11 is 0. The molecule has 142 valence electrons. The fraction of sp³-hybridized carbons (Fsp3) is 0.526. The summed E-state index contributed by atoms with van der Waals surface area (Å²) in [5.74, 6) is 0.130. The smallest absolute Gasteiger partial charge is 0.227 e. The summed E-state index contributed by atoms with van der Waals surface area (Å²) in [6.07, 6.45) is 7.28. The maximum Gasteiger partial charge on any atom is 0.227 e. The Morgan fingerprint density at radius 1 is 1.27 bits per heavy atom. The number of hydrogen-bond donors (Lipinski definition) is 1. The SMILES string of the molecule is Cn1cc(CC(=O)N2CCCC[C@@H]2CCNS(C)(=O)=O)c2ccccc21. The number of likely N-dealkylation sites (tertiary alicyclic amines) is 1. The maximum atomic E-state index is 13.0. The van der Waals surface area contributed by atoms with Gasteiger partial charge in [0.25, 0.3) is 0 Å². The number of nitrogens with one attached hydrogen (secondary N) is 1. The fourth-order valence-electron chi connectivity index (χ4n) is 3.87. The van der Waals surface area contributed by atoms with E-state index in [2.05, 4.69) is 21.4 Å². The molecule has 1 aliphatic rings. The lowest BCUT2D eigenvalue weighted by atomic mass is 9.98. The standard InChI is InChI=1S/C19H27N3O3S/c1-21-14-15(17-8-3-4-9-18(17)21)13-19(23)22-12-6-5-7-16(22)10-11-20-26(2,24)25/h3-4,8-9,14,16,20H,5-7,10-13H2,1-2H3/t16-/m1/s1. The number of rotatable bonds is 6. The molecule has 2 heterocycles. The van der Waals surface area contributed by atoms with Crippen molar-refractivity contribution in [3.05, 3.63) is 36.0 Å². The van der Waals surface area contributed by atoms with Crippen molar-refractivity contribution in [2.24, 2.45) is 7.05 Å². The van der Waals surface area contributed by atoms with Gasteiger partial charge in [-0.05, 0) is 37.3 Å². The van der Waals surface area contributed by atoms with Gasteiger partial charge in [0, 0.05) is 43.3 Å². The molecule has 6 nitrogen and oxygen atoms in total. The Morgan fingerprint density at radius 3 is 2.81 bits per heavy atom. The second-order valence-electron chi connectivity index (χ2n) is 7.15. The summed E-state index contributed by atoms with van der Waals surface area (Å²) < 4.78 is 27.1. The van der Waals surface area contributed by atoms with Gasteiger partial charge in [-0.2, -0.15) is 0 Å². The molecular formula is C19H27N3O3S. The van der Waals surface area contributed by atoms with E-state index in [4.69, 9.17) is 0 Å². The first kappa shape index (κ1) is 18.9. The maximum absolute atomic E-state index is 13.0. The third-order valence-corrected chi connectivity index (χ3v) is 5.84. The zero-order valence-corrected chi connectivity index (χ0v) is 16.3. The number of aryl methyl sites for hydroxylation is 1. The Hall–Kier alpha value is -1.86. The van der Waals surface area contributed by atoms with Crippen molar-refractivity contribution >= 4 is 26.8 Å². The van der Waals surface area contributed by atoms with Crippen LogP contribution in [0.1, 0.15) is 31.2 Å². The normalized spacial score (nSPS) is 18.4. The first-order valence-electron chi connectivity index (χ1n) is 9.12. The van der Waals surface area contributed by atoms with Crippen molar-refractivity contribution in [2.75, 3.05) is 19.3 Å². The van der Waals surface area contributed by atoms with Gasteiger partial charge in [0.05, 0.1) is 12.7 Å². The van der Waals surface area contributed by atoms with E-state index in [0.717, 1.165) is 48.5 Å². The Balaban J connectivity index is 1.70. The van der Waals surface area contributed by atoms with Gasteiger partial charge >= 0.3 is 0 Å². The highest BCUT2D eigenvalue weighted by Crippen LogP contribution is 2.24. The molecule has 1 aromatic heterocycles. The molecule has 0 aliphatic carbocycles. The Labute approximate surface area is 155 Å². The van der Waals surface area contributed by atoms with Crippen LogP contribution in [0.3, 0.4) is 0 Å². The van der Waals surface area contributed by atoms with Crippen molar-refractivity contribution in [1.82, 2.24) is 14.2 Å². The third-order valence-electron chi connectivity index (χ3n) is 5.11. The average molecular weight is 378 g/mol. The number of piperidine rings is 1. The van der Waals surface area contributed by atoms with Crippen LogP contribution in [0.5, 0.6) is 0 Å². The lowest BCUT2D eigenvalue weighted by Gasteiger charge is -2.36. The van der Waals surface area contributed by atoms with E-state index in [1.165, 1.54) is 0 Å². The number of carbonyl (C=O) groups is 1. The molecule has 3 rings (SSSR count). The number of sulfonamides is 1. The quantitative estimate of drug-likeness (QED) is 0.837. The predicted octanol–water partition coefficient (Wildman–Crippen LogP) is 2.04. The largest absolute Gasteiger partial charge is 0.350 e. The fourth-order valence-corrected chi connectivity index (χ4v) is 4.36. The van der Waals surface area contributed by atoms with Gasteiger partial charge in [0.2, 0.25) is 15.9 Å². The molecule has 1 N–H and O–H groups in total. The van der Waals surface area contributed by atoms with Gasteiger partial charge in [0.1, 0.15) is 0 Å². The number of carbonyl (C=O) groups excluding carboxylic acids is 1. The van der Waals surface area contributed by atoms with Crippen molar-refractivity contribution in [3.63, 3.8) is 0 Å². The summed E-state index contributed by atoms with van der Waals surface area (Å²) in [6, 6.07) is 8.23. The van der Waals surface area contributed by atoms with Crippen LogP contribution in [-0.4, -0.2) is 49.2 Å². The molecule has 0 spiro atoms. The molecule has 1 amide bonds. The van der Waals surface area contributed by atoms with Crippen molar-refractivity contribution in [2.45, 2.75) is 38.1 Å². The Bertz CT molecular complexity index is 889. The van der Waals surface area contributed by atoms with Gasteiger partial charge in [-0.25, -0.2) is 13.1 Å². The first-order valence-corrected chi connectivity index (χ1v) is 11.0. The highest BCUT2D eigenvalue weighted by molar-refractivity contribution is 7.88. The minimum Gasteiger partial charge on any atom is -0.350 e. The first-order chi connectivity index (χ1) is 12.3. The number of hydrogen-bond acceptors (Lipinski definition) is 3. The number of nitrogens with zero attached hydrogens (tertiary/aromatic N) is 2. The van der Waals surface area contributed by atoms with Gasteiger partial charge in [-0.1, -0.05) is 18.2 Å². The van der Waals surface area contributed by atoms with Crippen molar-refractivity contribution in [1.29, 1.82) is 0 Å². The summed E-state index contributed by atoms with van der Waals surface area (Å²) in [4.78, 5) is 14.9. The number of aromatic nitrogens is 1. The zero-order valence-electron chi connectivity index (χ0n) is 15.4. The van der Waals surface area contributed by atoms with Gasteiger partial charge in [-0.15, -0.1) is 0 Å². The van der Waals surface area contributed by atoms with Crippen LogP contribution in [0, 0.1) is 0 Å². The highest BCUT2D eigenvalue weighted by Gasteiger charge is 2.27. The van der Waals surface area contributed by atoms with Crippen LogP contribution in [0.2, 0.25) is 0 Å². The summed E-state index contributed by atoms with van der Waals surface area (Å²) in [5, 5.41) is 1.12. The molecule has 1 saturated heterocycles. The van der Waals surface area contributed by atoms with E-state index in [0.29, 0.717) is 19.4 Å². The molecule has 0 unspecified atom stereocenters. The molecule has 1 atom stereocenters. The van der Waals surface area contributed by atoms with Crippen LogP contribution in [0.15, 0.2) is 30.5 Å². The summed E-state index contributed by atoms with van der Waals surface area (Å²) in [6.45, 7) is 1.13. The lowest BCUT2D eigenvalue weighted by Crippen LogP contribution is -2.45. The van der Waals surface area contributed by atoms with Crippen LogP contribution in [0.25, 0.3) is 10.9 Å². The van der Waals surface area contributed by atoms with Crippen LogP contribution >= 0.6 is 0 Å². The number of benzene rings is 1. The van der Waals surface area contributed by atoms with Crippen LogP contribution in [-0.2, 0) is 28.3 Å². The molecular weight excluding hydrogens is 350 g/mol. The molecule has 0 saturated carbocycles. The van der Waals surface area contributed by atoms with Crippen LogP contribution in [0.4, 0.5) is 0 Å². The summed E-state index contributed by atoms with van der Waals surface area (Å²) in [7, 11) is -1.19. The molecule has 26 heavy (non-hydrogen) atoms. The molecule has 0 radical (unpaired) electrons. The van der Waals surface area contributed by atoms with E-state index in [1.54, 1.807) is 0 Å². The van der Waals surface area contributed by atoms with E-state index < -0.39 is 10.0 Å². The molecule has 7 heteroatoms. The van der Waals surface area contributed by atoms with E-state index in [-0.39, 0.29) is 11.9 Å². The van der Waals surface area contributed by atoms with Crippen LogP contribution < -0.4 is 4.72 Å². The number of fused-ring (bicyclic) bond motifs is 1. The van der Waals surface area contributed by atoms with E-state index >= 15 is 0 Å². The molecule has 1 aliphatic heterocycles. The minimum absolute atomic E-state index is 0.112. The highest BCUT2D eigenvalue weighted by atomic mass is 32.2. The monoisotopic (exact) mass is 377 g/mol. The Kier molecular flexibility index (Phi) is 5.67. The average Bonchev–Trinajstić information content (AvgIpc) is 2.90. The van der Waals surface area contributed by atoms with Crippen molar-refractivity contribution in [3.8, 4) is 0 Å². The molecule has 1 aromatic carbocycles. The second-order valence-corrected chi connectivity index (χ2v) is 8.98. The van der Waals surface area contributed by atoms with Gasteiger partial charge in [0.15, 0.2) is 0 Å².